The van der Waals surface area contributed by atoms with Crippen molar-refractivity contribution in [2.45, 2.75) is 19.3 Å². The average Bonchev–Trinajstić information content (AvgIpc) is 3.45. The van der Waals surface area contributed by atoms with Crippen molar-refractivity contribution in [2.75, 3.05) is 0 Å². The van der Waals surface area contributed by atoms with Gasteiger partial charge in [0.25, 0.3) is 0 Å². The zero-order valence-electron chi connectivity index (χ0n) is 29.8. The fourth-order valence-electron chi connectivity index (χ4n) is 9.58. The summed E-state index contributed by atoms with van der Waals surface area (Å²) < 4.78 is 0. The predicted molar refractivity (Wildman–Crippen MR) is 227 cm³/mol. The molecule has 248 valence electrons. The molecule has 10 aromatic rings. The summed E-state index contributed by atoms with van der Waals surface area (Å²) in [6, 6.07) is 67.8. The Morgan fingerprint density at radius 1 is 0.302 bits per heavy atom. The lowest BCUT2D eigenvalue weighted by molar-refractivity contribution is 0.661. The molecule has 0 radical (unpaired) electrons. The van der Waals surface area contributed by atoms with Crippen LogP contribution < -0.4 is 0 Å². The molecule has 0 unspecified atom stereocenters. The SMILES string of the molecule is CC1(C)c2ccccc2-c2c1cc(-c1ccccc1-c1ccccc1-c1ccc3ccc4c(-c5ccccc5)ccc5ccc1c3c54)c1ccccc21. The van der Waals surface area contributed by atoms with Crippen LogP contribution in [0.3, 0.4) is 0 Å². The minimum Gasteiger partial charge on any atom is -0.0622 e. The largest absolute Gasteiger partial charge is 0.0622 e. The van der Waals surface area contributed by atoms with Crippen LogP contribution in [0.2, 0.25) is 0 Å². The van der Waals surface area contributed by atoms with Crippen LogP contribution in [0.5, 0.6) is 0 Å². The maximum Gasteiger partial charge on any atom is 0.0159 e. The molecule has 0 N–H and O–H groups in total. The van der Waals surface area contributed by atoms with Crippen molar-refractivity contribution in [1.82, 2.24) is 0 Å². The van der Waals surface area contributed by atoms with Crippen LogP contribution in [0.25, 0.3) is 98.7 Å². The number of rotatable bonds is 4. The zero-order chi connectivity index (χ0) is 35.3. The van der Waals surface area contributed by atoms with E-state index in [9.17, 15) is 0 Å². The Morgan fingerprint density at radius 3 is 1.43 bits per heavy atom. The summed E-state index contributed by atoms with van der Waals surface area (Å²) in [4.78, 5) is 0. The lowest BCUT2D eigenvalue weighted by Crippen LogP contribution is -2.15. The molecular formula is C53H36. The van der Waals surface area contributed by atoms with E-state index in [0.29, 0.717) is 0 Å². The average molecular weight is 673 g/mol. The molecule has 53 heavy (non-hydrogen) atoms. The van der Waals surface area contributed by atoms with Gasteiger partial charge in [0.2, 0.25) is 0 Å². The quantitative estimate of drug-likeness (QED) is 0.163. The fourth-order valence-corrected chi connectivity index (χ4v) is 9.58. The Labute approximate surface area is 310 Å². The summed E-state index contributed by atoms with van der Waals surface area (Å²) >= 11 is 0. The molecule has 0 saturated heterocycles. The van der Waals surface area contributed by atoms with Gasteiger partial charge in [-0.25, -0.2) is 0 Å². The highest BCUT2D eigenvalue weighted by Crippen LogP contribution is 2.54. The lowest BCUT2D eigenvalue weighted by Gasteiger charge is -2.24. The Morgan fingerprint density at radius 2 is 0.774 bits per heavy atom. The van der Waals surface area contributed by atoms with Gasteiger partial charge in [-0.15, -0.1) is 0 Å². The van der Waals surface area contributed by atoms with E-state index in [4.69, 9.17) is 0 Å². The maximum atomic E-state index is 2.50. The third kappa shape index (κ3) is 4.30. The third-order valence-corrected chi connectivity index (χ3v) is 12.1. The molecule has 0 aliphatic heterocycles. The molecular weight excluding hydrogens is 637 g/mol. The molecule has 1 aliphatic carbocycles. The van der Waals surface area contributed by atoms with Crippen molar-refractivity contribution in [3.05, 3.63) is 193 Å². The van der Waals surface area contributed by atoms with Crippen LogP contribution in [0, 0.1) is 0 Å². The molecule has 0 heteroatoms. The highest BCUT2D eigenvalue weighted by atomic mass is 14.4. The van der Waals surface area contributed by atoms with Gasteiger partial charge >= 0.3 is 0 Å². The first-order chi connectivity index (χ1) is 26.1. The second-order valence-electron chi connectivity index (χ2n) is 15.2. The van der Waals surface area contributed by atoms with Gasteiger partial charge in [-0.3, -0.25) is 0 Å². The second kappa shape index (κ2) is 11.2. The minimum absolute atomic E-state index is 0.0976. The van der Waals surface area contributed by atoms with Gasteiger partial charge in [-0.1, -0.05) is 190 Å². The molecule has 0 nitrogen and oxygen atoms in total. The van der Waals surface area contributed by atoms with Crippen LogP contribution in [0.4, 0.5) is 0 Å². The number of benzene rings is 10. The highest BCUT2D eigenvalue weighted by molar-refractivity contribution is 6.28. The van der Waals surface area contributed by atoms with Gasteiger partial charge < -0.3 is 0 Å². The summed E-state index contributed by atoms with van der Waals surface area (Å²) in [5.41, 5.74) is 15.5. The van der Waals surface area contributed by atoms with Gasteiger partial charge in [-0.2, -0.15) is 0 Å². The van der Waals surface area contributed by atoms with Crippen LogP contribution in [-0.2, 0) is 5.41 Å². The molecule has 0 amide bonds. The van der Waals surface area contributed by atoms with Crippen LogP contribution in [0.1, 0.15) is 25.0 Å². The molecule has 0 saturated carbocycles. The van der Waals surface area contributed by atoms with E-state index in [1.165, 1.54) is 110 Å². The molecule has 1 aliphatic rings. The van der Waals surface area contributed by atoms with Crippen molar-refractivity contribution >= 4 is 43.1 Å². The van der Waals surface area contributed by atoms with E-state index in [2.05, 4.69) is 196 Å². The van der Waals surface area contributed by atoms with Gasteiger partial charge in [0.15, 0.2) is 0 Å². The van der Waals surface area contributed by atoms with E-state index >= 15 is 0 Å². The number of hydrogen-bond donors (Lipinski definition) is 0. The van der Waals surface area contributed by atoms with Crippen molar-refractivity contribution < 1.29 is 0 Å². The van der Waals surface area contributed by atoms with E-state index in [0.717, 1.165) is 0 Å². The van der Waals surface area contributed by atoms with Crippen LogP contribution in [0.15, 0.2) is 182 Å². The molecule has 0 bridgehead atoms. The van der Waals surface area contributed by atoms with Crippen LogP contribution in [-0.4, -0.2) is 0 Å². The smallest absolute Gasteiger partial charge is 0.0159 e. The molecule has 0 atom stereocenters. The third-order valence-electron chi connectivity index (χ3n) is 12.1. The molecule has 0 aromatic heterocycles. The summed E-state index contributed by atoms with van der Waals surface area (Å²) in [7, 11) is 0. The summed E-state index contributed by atoms with van der Waals surface area (Å²) in [6.07, 6.45) is 0. The minimum atomic E-state index is -0.0976. The lowest BCUT2D eigenvalue weighted by atomic mass is 9.79. The first kappa shape index (κ1) is 30.2. The van der Waals surface area contributed by atoms with Crippen LogP contribution >= 0.6 is 0 Å². The van der Waals surface area contributed by atoms with Gasteiger partial charge in [0.1, 0.15) is 0 Å². The molecule has 0 heterocycles. The van der Waals surface area contributed by atoms with Crippen molar-refractivity contribution in [2.24, 2.45) is 0 Å². The van der Waals surface area contributed by atoms with E-state index in [-0.39, 0.29) is 5.41 Å². The van der Waals surface area contributed by atoms with Crippen molar-refractivity contribution in [1.29, 1.82) is 0 Å². The first-order valence-corrected chi connectivity index (χ1v) is 18.7. The summed E-state index contributed by atoms with van der Waals surface area (Å²) in [5.74, 6) is 0. The first-order valence-electron chi connectivity index (χ1n) is 18.7. The Bertz CT molecular complexity index is 3070. The van der Waals surface area contributed by atoms with E-state index in [1.54, 1.807) is 0 Å². The Hall–Kier alpha value is -6.50. The second-order valence-corrected chi connectivity index (χ2v) is 15.2. The maximum absolute atomic E-state index is 2.50. The summed E-state index contributed by atoms with van der Waals surface area (Å²) in [5, 5.41) is 10.4. The normalized spacial score (nSPS) is 13.2. The van der Waals surface area contributed by atoms with Gasteiger partial charge in [0.05, 0.1) is 0 Å². The molecule has 11 rings (SSSR count). The highest BCUT2D eigenvalue weighted by Gasteiger charge is 2.37. The van der Waals surface area contributed by atoms with Crippen molar-refractivity contribution in [3.63, 3.8) is 0 Å². The number of fused-ring (bicyclic) bond motifs is 5. The topological polar surface area (TPSA) is 0 Å². The standard InChI is InChI=1S/C53H36/c1-53(2)48-23-13-12-22-46(48)52-43-21-11-10-20-41(43)47(32-49(52)53)40-19-9-8-17-38(40)37-16-6-7-18-39(37)42-29-25-35-26-30-44-36(33-14-4-3-5-15-33)28-24-34-27-31-45(42)51(35)50(34)44/h3-32H,1-2H3. The Balaban J connectivity index is 1.15. The number of hydrogen-bond acceptors (Lipinski definition) is 0. The van der Waals surface area contributed by atoms with Crippen molar-refractivity contribution in [3.8, 4) is 55.6 Å². The molecule has 0 spiro atoms. The molecule has 0 fully saturated rings. The van der Waals surface area contributed by atoms with Gasteiger partial charge in [0, 0.05) is 5.41 Å². The van der Waals surface area contributed by atoms with E-state index in [1.807, 2.05) is 0 Å². The Kier molecular flexibility index (Phi) is 6.40. The monoisotopic (exact) mass is 672 g/mol. The molecule has 10 aromatic carbocycles. The predicted octanol–water partition coefficient (Wildman–Crippen LogP) is 14.7. The zero-order valence-corrected chi connectivity index (χ0v) is 29.8. The van der Waals surface area contributed by atoms with Gasteiger partial charge in [-0.05, 0) is 116 Å². The summed E-state index contributed by atoms with van der Waals surface area (Å²) in [6.45, 7) is 4.77. The fraction of sp³-hybridized carbons (Fsp3) is 0.0566. The van der Waals surface area contributed by atoms with E-state index < -0.39 is 0 Å².